The topological polar surface area (TPSA) is 56.2 Å². The second kappa shape index (κ2) is 10.2. The van der Waals surface area contributed by atoms with Crippen molar-refractivity contribution in [2.24, 2.45) is 5.92 Å². The van der Waals surface area contributed by atoms with E-state index in [1.54, 1.807) is 0 Å². The fraction of sp³-hybridized carbons (Fsp3) is 0.944. The molecule has 1 rings (SSSR count). The van der Waals surface area contributed by atoms with Crippen LogP contribution in [-0.2, 0) is 4.74 Å². The molecule has 6 heteroatoms. The van der Waals surface area contributed by atoms with E-state index in [4.69, 9.17) is 9.84 Å². The highest BCUT2D eigenvalue weighted by Gasteiger charge is 2.27. The fourth-order valence-corrected chi connectivity index (χ4v) is 3.04. The van der Waals surface area contributed by atoms with Gasteiger partial charge >= 0.3 is 6.09 Å². The summed E-state index contributed by atoms with van der Waals surface area (Å²) in [6.45, 7) is 14.4. The van der Waals surface area contributed by atoms with Crippen molar-refractivity contribution < 1.29 is 14.6 Å². The van der Waals surface area contributed by atoms with Crippen LogP contribution in [0.4, 0.5) is 4.79 Å². The molecule has 0 radical (unpaired) electrons. The van der Waals surface area contributed by atoms with Crippen LogP contribution in [0, 0.1) is 5.92 Å². The Labute approximate surface area is 147 Å². The molecule has 0 bridgehead atoms. The van der Waals surface area contributed by atoms with Crippen LogP contribution >= 0.6 is 0 Å². The van der Waals surface area contributed by atoms with Gasteiger partial charge in [0.15, 0.2) is 0 Å². The minimum atomic E-state index is -0.423. The Morgan fingerprint density at radius 1 is 1.21 bits per heavy atom. The molecule has 0 aliphatic carbocycles. The Morgan fingerprint density at radius 3 is 2.33 bits per heavy atom. The summed E-state index contributed by atoms with van der Waals surface area (Å²) in [6, 6.07) is 0. The molecule has 24 heavy (non-hydrogen) atoms. The van der Waals surface area contributed by atoms with E-state index in [-0.39, 0.29) is 12.7 Å². The molecule has 1 N–H and O–H groups in total. The summed E-state index contributed by atoms with van der Waals surface area (Å²) in [4.78, 5) is 18.6. The monoisotopic (exact) mass is 343 g/mol. The number of likely N-dealkylation sites (N-methyl/N-ethyl adjacent to an activating group) is 2. The first-order valence-corrected chi connectivity index (χ1v) is 9.24. The number of piperidine rings is 1. The second-order valence-corrected chi connectivity index (χ2v) is 7.83. The number of ether oxygens (including phenoxy) is 1. The molecule has 0 unspecified atom stereocenters. The number of carbonyl (C=O) groups excluding carboxylic acids is 1. The van der Waals surface area contributed by atoms with Crippen LogP contribution in [0.25, 0.3) is 0 Å². The first-order chi connectivity index (χ1) is 11.2. The van der Waals surface area contributed by atoms with Gasteiger partial charge in [0.1, 0.15) is 5.60 Å². The highest BCUT2D eigenvalue weighted by Crippen LogP contribution is 2.20. The van der Waals surface area contributed by atoms with E-state index in [0.717, 1.165) is 58.7 Å². The number of rotatable bonds is 8. The van der Waals surface area contributed by atoms with Crippen LogP contribution in [0.1, 0.15) is 40.5 Å². The molecule has 0 atom stereocenters. The van der Waals surface area contributed by atoms with Gasteiger partial charge in [0.05, 0.1) is 6.61 Å². The van der Waals surface area contributed by atoms with Gasteiger partial charge in [-0.15, -0.1) is 0 Å². The summed E-state index contributed by atoms with van der Waals surface area (Å²) in [6.07, 6.45) is 1.90. The van der Waals surface area contributed by atoms with Gasteiger partial charge in [-0.25, -0.2) is 4.79 Å². The fourth-order valence-electron chi connectivity index (χ4n) is 3.04. The van der Waals surface area contributed by atoms with E-state index in [0.29, 0.717) is 5.92 Å². The Hall–Kier alpha value is -0.850. The number of aliphatic hydroxyl groups is 1. The zero-order valence-electron chi connectivity index (χ0n) is 16.3. The van der Waals surface area contributed by atoms with Crippen LogP contribution < -0.4 is 0 Å². The summed E-state index contributed by atoms with van der Waals surface area (Å²) in [5.74, 6) is 0.640. The number of nitrogens with zero attached hydrogens (tertiary/aromatic N) is 3. The van der Waals surface area contributed by atoms with Crippen molar-refractivity contribution in [1.82, 2.24) is 14.7 Å². The summed E-state index contributed by atoms with van der Waals surface area (Å²) in [7, 11) is 2.16. The molecule has 1 heterocycles. The van der Waals surface area contributed by atoms with Crippen LogP contribution in [0.3, 0.4) is 0 Å². The lowest BCUT2D eigenvalue weighted by molar-refractivity contribution is 0.0172. The maximum absolute atomic E-state index is 12.1. The predicted octanol–water partition coefficient (Wildman–Crippen LogP) is 1.88. The molecule has 0 aromatic rings. The van der Waals surface area contributed by atoms with Crippen molar-refractivity contribution >= 4 is 6.09 Å². The van der Waals surface area contributed by atoms with Crippen molar-refractivity contribution in [1.29, 1.82) is 0 Å². The molecule has 1 fully saturated rings. The van der Waals surface area contributed by atoms with E-state index < -0.39 is 5.60 Å². The van der Waals surface area contributed by atoms with E-state index in [1.165, 1.54) is 0 Å². The first-order valence-electron chi connectivity index (χ1n) is 9.24. The Bertz CT molecular complexity index is 363. The summed E-state index contributed by atoms with van der Waals surface area (Å²) < 4.78 is 5.44. The van der Waals surface area contributed by atoms with E-state index in [2.05, 4.69) is 23.8 Å². The summed E-state index contributed by atoms with van der Waals surface area (Å²) >= 11 is 0. The SMILES string of the molecule is CCN(CCO)CCN(C)CC1CCN(C(=O)OC(C)(C)C)CC1. The van der Waals surface area contributed by atoms with Crippen molar-refractivity contribution in [3.63, 3.8) is 0 Å². The number of hydrogen-bond donors (Lipinski definition) is 1. The van der Waals surface area contributed by atoms with Crippen molar-refractivity contribution in [2.45, 2.75) is 46.1 Å². The van der Waals surface area contributed by atoms with Gasteiger partial charge in [-0.2, -0.15) is 0 Å². The van der Waals surface area contributed by atoms with Gasteiger partial charge < -0.3 is 24.5 Å². The minimum absolute atomic E-state index is 0.183. The molecule has 142 valence electrons. The van der Waals surface area contributed by atoms with E-state index in [9.17, 15) is 4.79 Å². The van der Waals surface area contributed by atoms with Gasteiger partial charge in [0.2, 0.25) is 0 Å². The van der Waals surface area contributed by atoms with Crippen molar-refractivity contribution in [3.8, 4) is 0 Å². The molecule has 1 saturated heterocycles. The summed E-state index contributed by atoms with van der Waals surface area (Å²) in [5.41, 5.74) is -0.423. The highest BCUT2D eigenvalue weighted by molar-refractivity contribution is 5.68. The zero-order valence-corrected chi connectivity index (χ0v) is 16.3. The van der Waals surface area contributed by atoms with Crippen LogP contribution in [0.5, 0.6) is 0 Å². The lowest BCUT2D eigenvalue weighted by Gasteiger charge is -2.35. The van der Waals surface area contributed by atoms with Gasteiger partial charge in [-0.05, 0) is 53.1 Å². The van der Waals surface area contributed by atoms with Crippen LogP contribution in [0.2, 0.25) is 0 Å². The number of hydrogen-bond acceptors (Lipinski definition) is 5. The first kappa shape index (κ1) is 21.2. The molecule has 1 aliphatic rings. The average molecular weight is 344 g/mol. The third-order valence-electron chi connectivity index (χ3n) is 4.50. The van der Waals surface area contributed by atoms with Gasteiger partial charge in [0.25, 0.3) is 0 Å². The van der Waals surface area contributed by atoms with E-state index >= 15 is 0 Å². The molecule has 0 aromatic heterocycles. The number of aliphatic hydroxyl groups excluding tert-OH is 1. The molecule has 0 spiro atoms. The minimum Gasteiger partial charge on any atom is -0.444 e. The van der Waals surface area contributed by atoms with Gasteiger partial charge in [0, 0.05) is 39.3 Å². The molecular formula is C18H37N3O3. The average Bonchev–Trinajstić information content (AvgIpc) is 2.50. The van der Waals surface area contributed by atoms with Crippen LogP contribution in [0.15, 0.2) is 0 Å². The largest absolute Gasteiger partial charge is 0.444 e. The normalized spacial score (nSPS) is 16.9. The third-order valence-corrected chi connectivity index (χ3v) is 4.50. The zero-order chi connectivity index (χ0) is 18.2. The lowest BCUT2D eigenvalue weighted by Crippen LogP contribution is -2.44. The molecule has 0 saturated carbocycles. The number of likely N-dealkylation sites (tertiary alicyclic amines) is 1. The number of carbonyl (C=O) groups is 1. The molecular weight excluding hydrogens is 306 g/mol. The Kier molecular flexibility index (Phi) is 9.02. The second-order valence-electron chi connectivity index (χ2n) is 7.83. The number of amides is 1. The highest BCUT2D eigenvalue weighted by atomic mass is 16.6. The van der Waals surface area contributed by atoms with Gasteiger partial charge in [-0.3, -0.25) is 0 Å². The van der Waals surface area contributed by atoms with Crippen molar-refractivity contribution in [2.75, 3.05) is 59.5 Å². The predicted molar refractivity (Wildman–Crippen MR) is 97.2 cm³/mol. The third kappa shape index (κ3) is 8.31. The van der Waals surface area contributed by atoms with E-state index in [1.807, 2.05) is 25.7 Å². The molecule has 6 nitrogen and oxygen atoms in total. The van der Waals surface area contributed by atoms with Crippen LogP contribution in [-0.4, -0.2) is 91.0 Å². The molecule has 1 aliphatic heterocycles. The van der Waals surface area contributed by atoms with Crippen molar-refractivity contribution in [3.05, 3.63) is 0 Å². The standard InChI is InChI=1S/C18H37N3O3/c1-6-20(13-14-22)12-11-19(5)15-16-7-9-21(10-8-16)17(23)24-18(2,3)4/h16,22H,6-15H2,1-5H3. The van der Waals surface area contributed by atoms with Gasteiger partial charge in [-0.1, -0.05) is 6.92 Å². The smallest absolute Gasteiger partial charge is 0.410 e. The molecule has 1 amide bonds. The Morgan fingerprint density at radius 2 is 1.83 bits per heavy atom. The quantitative estimate of drug-likeness (QED) is 0.729. The maximum atomic E-state index is 12.1. The summed E-state index contributed by atoms with van der Waals surface area (Å²) in [5, 5.41) is 9.04. The lowest BCUT2D eigenvalue weighted by atomic mass is 9.96. The Balaban J connectivity index is 2.26. The molecule has 0 aromatic carbocycles. The maximum Gasteiger partial charge on any atom is 0.410 e.